The Bertz CT molecular complexity index is 911. The highest BCUT2D eigenvalue weighted by Gasteiger charge is 2.14. The molecule has 0 bridgehead atoms. The van der Waals surface area contributed by atoms with Crippen molar-refractivity contribution in [1.82, 2.24) is 4.98 Å². The first-order valence-corrected chi connectivity index (χ1v) is 7.33. The Morgan fingerprint density at radius 1 is 1.13 bits per heavy atom. The molecule has 116 valence electrons. The van der Waals surface area contributed by atoms with Crippen LogP contribution in [0.4, 0.5) is 17.1 Å². The fourth-order valence-corrected chi connectivity index (χ4v) is 2.57. The largest absolute Gasteiger partial charge is 0.545 e. The van der Waals surface area contributed by atoms with E-state index in [1.807, 2.05) is 0 Å². The monoisotopic (exact) mass is 346 g/mol. The van der Waals surface area contributed by atoms with E-state index in [0.717, 1.165) is 0 Å². The van der Waals surface area contributed by atoms with Gasteiger partial charge in [0.15, 0.2) is 0 Å². The lowest BCUT2D eigenvalue weighted by Crippen LogP contribution is -2.23. The fourth-order valence-electron chi connectivity index (χ4n) is 2.21. The molecule has 0 aliphatic carbocycles. The van der Waals surface area contributed by atoms with E-state index in [9.17, 15) is 9.90 Å². The van der Waals surface area contributed by atoms with Crippen LogP contribution in [0, 0.1) is 0 Å². The molecule has 0 amide bonds. The number of fused-ring (bicyclic) bond motifs is 1. The number of nitrogens with two attached hydrogens (primary N) is 1. The zero-order valence-electron chi connectivity index (χ0n) is 11.6. The molecule has 5 nitrogen and oxygen atoms in total. The first-order chi connectivity index (χ1) is 11.0. The predicted molar refractivity (Wildman–Crippen MR) is 90.2 cm³/mol. The number of nitrogens with one attached hydrogen (secondary N) is 1. The van der Waals surface area contributed by atoms with Gasteiger partial charge in [-0.15, -0.1) is 0 Å². The van der Waals surface area contributed by atoms with Crippen molar-refractivity contribution < 1.29 is 9.90 Å². The summed E-state index contributed by atoms with van der Waals surface area (Å²) in [5.74, 6) is -1.34. The molecule has 0 aliphatic heterocycles. The molecule has 0 aliphatic rings. The number of hydrogen-bond donors (Lipinski definition) is 2. The van der Waals surface area contributed by atoms with E-state index in [1.165, 1.54) is 6.20 Å². The number of carbonyl (C=O) groups excluding carboxylic acids is 1. The number of aromatic nitrogens is 1. The number of carboxylic acid groups (broad SMARTS) is 1. The number of carbonyl (C=O) groups is 1. The summed E-state index contributed by atoms with van der Waals surface area (Å²) in [5.41, 5.74) is 7.58. The van der Waals surface area contributed by atoms with E-state index < -0.39 is 5.97 Å². The Morgan fingerprint density at radius 3 is 2.48 bits per heavy atom. The normalized spacial score (nSPS) is 10.7. The van der Waals surface area contributed by atoms with Gasteiger partial charge in [0.2, 0.25) is 0 Å². The molecular weight excluding hydrogens is 337 g/mol. The number of hydrogen-bond acceptors (Lipinski definition) is 5. The van der Waals surface area contributed by atoms with Crippen LogP contribution in [0.2, 0.25) is 10.0 Å². The fraction of sp³-hybridized carbons (Fsp3) is 0. The molecule has 23 heavy (non-hydrogen) atoms. The van der Waals surface area contributed by atoms with Crippen molar-refractivity contribution in [1.29, 1.82) is 0 Å². The van der Waals surface area contributed by atoms with Crippen LogP contribution in [-0.2, 0) is 0 Å². The summed E-state index contributed by atoms with van der Waals surface area (Å²) < 4.78 is 0. The van der Waals surface area contributed by atoms with Crippen LogP contribution in [0.5, 0.6) is 0 Å². The first-order valence-electron chi connectivity index (χ1n) is 6.58. The van der Waals surface area contributed by atoms with Crippen molar-refractivity contribution in [2.75, 3.05) is 11.1 Å². The van der Waals surface area contributed by atoms with Gasteiger partial charge in [0.1, 0.15) is 0 Å². The lowest BCUT2D eigenvalue weighted by molar-refractivity contribution is -0.254. The Hall–Kier alpha value is -2.50. The Labute approximate surface area is 141 Å². The van der Waals surface area contributed by atoms with Gasteiger partial charge in [-0.25, -0.2) is 0 Å². The predicted octanol–water partition coefficient (Wildman–Crippen LogP) is 3.23. The molecule has 7 heteroatoms. The highest BCUT2D eigenvalue weighted by molar-refractivity contribution is 6.45. The minimum Gasteiger partial charge on any atom is -0.545 e. The molecule has 0 saturated heterocycles. The van der Waals surface area contributed by atoms with Gasteiger partial charge in [-0.2, -0.15) is 0 Å². The number of rotatable bonds is 3. The number of benzene rings is 2. The number of nitrogens with zero attached hydrogens (tertiary/aromatic N) is 1. The van der Waals surface area contributed by atoms with Gasteiger partial charge >= 0.3 is 0 Å². The zero-order valence-corrected chi connectivity index (χ0v) is 13.2. The van der Waals surface area contributed by atoms with Crippen LogP contribution in [0.25, 0.3) is 10.9 Å². The van der Waals surface area contributed by atoms with Crippen molar-refractivity contribution >= 4 is 57.1 Å². The summed E-state index contributed by atoms with van der Waals surface area (Å²) in [6, 6.07) is 10.1. The standard InChI is InChI=1S/C16H11Cl2N3O2/c17-12-6-5-10-14(21-9-3-1-8(19)2-4-9)11(16(22)23)7-20-15(10)13(12)18/h1-7H,19H2,(H,20,21)(H,22,23)/p-1. The number of pyridine rings is 1. The topological polar surface area (TPSA) is 91.1 Å². The maximum Gasteiger partial charge on any atom is 0.0924 e. The van der Waals surface area contributed by atoms with E-state index in [4.69, 9.17) is 28.9 Å². The summed E-state index contributed by atoms with van der Waals surface area (Å²) in [5, 5.41) is 15.6. The third-order valence-electron chi connectivity index (χ3n) is 3.33. The van der Waals surface area contributed by atoms with Crippen molar-refractivity contribution in [3.8, 4) is 0 Å². The van der Waals surface area contributed by atoms with Crippen molar-refractivity contribution in [2.45, 2.75) is 0 Å². The SMILES string of the molecule is Nc1ccc(Nc2c(C(=O)[O-])cnc3c(Cl)c(Cl)ccc23)cc1. The average molecular weight is 347 g/mol. The Balaban J connectivity index is 2.22. The van der Waals surface area contributed by atoms with Crippen molar-refractivity contribution in [3.63, 3.8) is 0 Å². The van der Waals surface area contributed by atoms with Crippen LogP contribution >= 0.6 is 23.2 Å². The van der Waals surface area contributed by atoms with Crippen molar-refractivity contribution in [3.05, 3.63) is 58.2 Å². The minimum atomic E-state index is -1.34. The average Bonchev–Trinajstić information content (AvgIpc) is 2.53. The summed E-state index contributed by atoms with van der Waals surface area (Å²) in [7, 11) is 0. The third-order valence-corrected chi connectivity index (χ3v) is 4.12. The molecule has 2 aromatic carbocycles. The number of carboxylic acids is 1. The van der Waals surface area contributed by atoms with Gasteiger partial charge < -0.3 is 21.0 Å². The molecule has 3 aromatic rings. The molecule has 0 fully saturated rings. The maximum absolute atomic E-state index is 11.4. The lowest BCUT2D eigenvalue weighted by Gasteiger charge is -2.16. The van der Waals surface area contributed by atoms with Crippen molar-refractivity contribution in [2.24, 2.45) is 0 Å². The van der Waals surface area contributed by atoms with E-state index in [0.29, 0.717) is 33.0 Å². The molecule has 3 rings (SSSR count). The smallest absolute Gasteiger partial charge is 0.0924 e. The first kappa shape index (κ1) is 15.4. The lowest BCUT2D eigenvalue weighted by atomic mass is 10.1. The number of halogens is 2. The van der Waals surface area contributed by atoms with Gasteiger partial charge in [0.05, 0.1) is 27.2 Å². The highest BCUT2D eigenvalue weighted by atomic mass is 35.5. The van der Waals surface area contributed by atoms with Gasteiger partial charge in [-0.05, 0) is 36.4 Å². The number of aromatic carboxylic acids is 1. The Kier molecular flexibility index (Phi) is 3.98. The summed E-state index contributed by atoms with van der Waals surface area (Å²) >= 11 is 12.1. The highest BCUT2D eigenvalue weighted by Crippen LogP contribution is 2.35. The van der Waals surface area contributed by atoms with Crippen LogP contribution in [0.15, 0.2) is 42.6 Å². The molecule has 1 aromatic heterocycles. The molecule has 0 atom stereocenters. The molecule has 0 unspecified atom stereocenters. The minimum absolute atomic E-state index is 0.0762. The van der Waals surface area contributed by atoms with Crippen LogP contribution in [0.1, 0.15) is 10.4 Å². The summed E-state index contributed by atoms with van der Waals surface area (Å²) in [6.07, 6.45) is 1.19. The molecule has 0 radical (unpaired) electrons. The van der Waals surface area contributed by atoms with Gasteiger partial charge in [0.25, 0.3) is 0 Å². The van der Waals surface area contributed by atoms with Gasteiger partial charge in [-0.3, -0.25) is 4.98 Å². The second-order valence-electron chi connectivity index (χ2n) is 4.84. The third kappa shape index (κ3) is 2.88. The van der Waals surface area contributed by atoms with E-state index in [2.05, 4.69) is 10.3 Å². The molecule has 3 N–H and O–H groups in total. The zero-order chi connectivity index (χ0) is 16.6. The maximum atomic E-state index is 11.4. The summed E-state index contributed by atoms with van der Waals surface area (Å²) in [6.45, 7) is 0. The quantitative estimate of drug-likeness (QED) is 0.710. The van der Waals surface area contributed by atoms with Gasteiger partial charge in [-0.1, -0.05) is 23.2 Å². The number of anilines is 3. The van der Waals surface area contributed by atoms with E-state index in [1.54, 1.807) is 36.4 Å². The Morgan fingerprint density at radius 2 is 1.83 bits per heavy atom. The summed E-state index contributed by atoms with van der Waals surface area (Å²) in [4.78, 5) is 15.5. The van der Waals surface area contributed by atoms with E-state index in [-0.39, 0.29) is 10.6 Å². The van der Waals surface area contributed by atoms with Crippen LogP contribution in [0.3, 0.4) is 0 Å². The molecular formula is C16H10Cl2N3O2-. The molecule has 0 saturated carbocycles. The number of nitrogen functional groups attached to an aromatic ring is 1. The van der Waals surface area contributed by atoms with Gasteiger partial charge in [0, 0.05) is 28.5 Å². The second kappa shape index (κ2) is 5.95. The second-order valence-corrected chi connectivity index (χ2v) is 5.62. The molecule has 0 spiro atoms. The van der Waals surface area contributed by atoms with Crippen LogP contribution < -0.4 is 16.2 Å². The molecule has 1 heterocycles. The van der Waals surface area contributed by atoms with E-state index >= 15 is 0 Å². The van der Waals surface area contributed by atoms with Crippen LogP contribution in [-0.4, -0.2) is 11.0 Å².